The minimum atomic E-state index is -0.811. The highest BCUT2D eigenvalue weighted by atomic mass is 16.5. The predicted molar refractivity (Wildman–Crippen MR) is 42.0 cm³/mol. The van der Waals surface area contributed by atoms with E-state index in [0.717, 1.165) is 13.0 Å². The molecule has 0 radical (unpaired) electrons. The van der Waals surface area contributed by atoms with E-state index in [1.807, 2.05) is 0 Å². The standard InChI is InChI=1S/C8H14O4/c1-11-7(4-8(9)10)6-2-3-12-5-6/h6-7H,2-5H2,1H3,(H,9,10). The maximum Gasteiger partial charge on any atom is 0.305 e. The van der Waals surface area contributed by atoms with E-state index >= 15 is 0 Å². The molecule has 0 aromatic rings. The molecule has 4 nitrogen and oxygen atoms in total. The SMILES string of the molecule is COC(CC(=O)O)C1CCOC1. The molecule has 0 amide bonds. The van der Waals surface area contributed by atoms with E-state index in [9.17, 15) is 4.79 Å². The van der Waals surface area contributed by atoms with Crippen LogP contribution in [-0.2, 0) is 14.3 Å². The van der Waals surface area contributed by atoms with Gasteiger partial charge in [-0.1, -0.05) is 0 Å². The van der Waals surface area contributed by atoms with Crippen LogP contribution in [0.3, 0.4) is 0 Å². The average Bonchev–Trinajstić information content (AvgIpc) is 2.51. The van der Waals surface area contributed by atoms with E-state index in [1.165, 1.54) is 0 Å². The van der Waals surface area contributed by atoms with E-state index < -0.39 is 5.97 Å². The van der Waals surface area contributed by atoms with Crippen LogP contribution in [0.5, 0.6) is 0 Å². The van der Waals surface area contributed by atoms with Gasteiger partial charge in [0.25, 0.3) is 0 Å². The van der Waals surface area contributed by atoms with Crippen LogP contribution in [0.25, 0.3) is 0 Å². The van der Waals surface area contributed by atoms with Crippen LogP contribution in [0.15, 0.2) is 0 Å². The minimum absolute atomic E-state index is 0.0739. The Morgan fingerprint density at radius 3 is 3.00 bits per heavy atom. The van der Waals surface area contributed by atoms with Crippen molar-refractivity contribution in [1.29, 1.82) is 0 Å². The zero-order chi connectivity index (χ0) is 8.97. The zero-order valence-electron chi connectivity index (χ0n) is 7.16. The summed E-state index contributed by atoms with van der Waals surface area (Å²) in [7, 11) is 1.55. The van der Waals surface area contributed by atoms with Crippen LogP contribution < -0.4 is 0 Å². The summed E-state index contributed by atoms with van der Waals surface area (Å²) < 4.78 is 10.2. The van der Waals surface area contributed by atoms with Crippen molar-refractivity contribution in [2.24, 2.45) is 5.92 Å². The molecule has 1 rings (SSSR count). The van der Waals surface area contributed by atoms with E-state index in [2.05, 4.69) is 0 Å². The molecular formula is C8H14O4. The molecule has 70 valence electrons. The van der Waals surface area contributed by atoms with Gasteiger partial charge in [0.05, 0.1) is 19.1 Å². The average molecular weight is 174 g/mol. The minimum Gasteiger partial charge on any atom is -0.481 e. The number of carbonyl (C=O) groups is 1. The van der Waals surface area contributed by atoms with Gasteiger partial charge in [0, 0.05) is 19.6 Å². The molecular weight excluding hydrogens is 160 g/mol. The summed E-state index contributed by atoms with van der Waals surface area (Å²) in [5.74, 6) is -0.556. The topological polar surface area (TPSA) is 55.8 Å². The van der Waals surface area contributed by atoms with E-state index in [4.69, 9.17) is 14.6 Å². The number of ether oxygens (including phenoxy) is 2. The van der Waals surface area contributed by atoms with Crippen LogP contribution in [0.4, 0.5) is 0 Å². The number of carboxylic acids is 1. The summed E-state index contributed by atoms with van der Waals surface area (Å²) in [6.07, 6.45) is 0.793. The fourth-order valence-electron chi connectivity index (χ4n) is 1.46. The first kappa shape index (κ1) is 9.48. The van der Waals surface area contributed by atoms with Crippen LogP contribution >= 0.6 is 0 Å². The lowest BCUT2D eigenvalue weighted by atomic mass is 9.99. The summed E-state index contributed by atoms with van der Waals surface area (Å²) in [6.45, 7) is 1.36. The quantitative estimate of drug-likeness (QED) is 0.674. The molecule has 0 spiro atoms. The number of carboxylic acid groups (broad SMARTS) is 1. The Morgan fingerprint density at radius 1 is 1.83 bits per heavy atom. The largest absolute Gasteiger partial charge is 0.481 e. The number of methoxy groups -OCH3 is 1. The van der Waals surface area contributed by atoms with E-state index in [-0.39, 0.29) is 18.4 Å². The van der Waals surface area contributed by atoms with Gasteiger partial charge in [0.1, 0.15) is 0 Å². The molecule has 0 saturated carbocycles. The van der Waals surface area contributed by atoms with Gasteiger partial charge in [-0.05, 0) is 6.42 Å². The van der Waals surface area contributed by atoms with Gasteiger partial charge >= 0.3 is 5.97 Å². The van der Waals surface area contributed by atoms with Crippen LogP contribution in [0, 0.1) is 5.92 Å². The molecule has 4 heteroatoms. The van der Waals surface area contributed by atoms with Crippen molar-refractivity contribution < 1.29 is 19.4 Å². The molecule has 1 aliphatic rings. The molecule has 1 fully saturated rings. The second kappa shape index (κ2) is 4.42. The van der Waals surface area contributed by atoms with Gasteiger partial charge in [-0.3, -0.25) is 4.79 Å². The fourth-order valence-corrected chi connectivity index (χ4v) is 1.46. The Hall–Kier alpha value is -0.610. The summed E-state index contributed by atoms with van der Waals surface area (Å²) in [4.78, 5) is 10.4. The lowest BCUT2D eigenvalue weighted by Crippen LogP contribution is -2.26. The maximum absolute atomic E-state index is 10.4. The lowest BCUT2D eigenvalue weighted by Gasteiger charge is -2.18. The molecule has 1 N–H and O–H groups in total. The van der Waals surface area contributed by atoms with Crippen LogP contribution in [-0.4, -0.2) is 37.5 Å². The first-order valence-electron chi connectivity index (χ1n) is 4.06. The summed E-state index contributed by atoms with van der Waals surface area (Å²) in [5, 5.41) is 8.55. The van der Waals surface area contributed by atoms with Crippen molar-refractivity contribution >= 4 is 5.97 Å². The monoisotopic (exact) mass is 174 g/mol. The van der Waals surface area contributed by atoms with E-state index in [0.29, 0.717) is 6.61 Å². The van der Waals surface area contributed by atoms with Crippen molar-refractivity contribution in [3.8, 4) is 0 Å². The third kappa shape index (κ3) is 2.46. The van der Waals surface area contributed by atoms with Crippen molar-refractivity contribution in [3.05, 3.63) is 0 Å². The molecule has 2 unspecified atom stereocenters. The molecule has 0 aromatic heterocycles. The van der Waals surface area contributed by atoms with Gasteiger partial charge in [0.15, 0.2) is 0 Å². The van der Waals surface area contributed by atoms with Crippen molar-refractivity contribution in [3.63, 3.8) is 0 Å². The second-order valence-electron chi connectivity index (χ2n) is 3.00. The Morgan fingerprint density at radius 2 is 2.58 bits per heavy atom. The Bertz CT molecular complexity index is 151. The van der Waals surface area contributed by atoms with Gasteiger partial charge in [0.2, 0.25) is 0 Å². The first-order valence-corrected chi connectivity index (χ1v) is 4.06. The zero-order valence-corrected chi connectivity index (χ0v) is 7.16. The summed E-state index contributed by atoms with van der Waals surface area (Å²) >= 11 is 0. The van der Waals surface area contributed by atoms with Gasteiger partial charge < -0.3 is 14.6 Å². The number of rotatable bonds is 4. The number of hydrogen-bond acceptors (Lipinski definition) is 3. The van der Waals surface area contributed by atoms with E-state index in [1.54, 1.807) is 7.11 Å². The third-order valence-corrected chi connectivity index (χ3v) is 2.17. The highest BCUT2D eigenvalue weighted by Crippen LogP contribution is 2.20. The second-order valence-corrected chi connectivity index (χ2v) is 3.00. The van der Waals surface area contributed by atoms with Crippen LogP contribution in [0.1, 0.15) is 12.8 Å². The van der Waals surface area contributed by atoms with Gasteiger partial charge in [-0.25, -0.2) is 0 Å². The van der Waals surface area contributed by atoms with Crippen molar-refractivity contribution in [2.75, 3.05) is 20.3 Å². The smallest absolute Gasteiger partial charge is 0.305 e. The normalized spacial score (nSPS) is 25.6. The van der Waals surface area contributed by atoms with Gasteiger partial charge in [-0.15, -0.1) is 0 Å². The third-order valence-electron chi connectivity index (χ3n) is 2.17. The number of aliphatic carboxylic acids is 1. The molecule has 2 atom stereocenters. The summed E-state index contributed by atoms with van der Waals surface area (Å²) in [6, 6.07) is 0. The molecule has 0 aliphatic carbocycles. The molecule has 12 heavy (non-hydrogen) atoms. The fraction of sp³-hybridized carbons (Fsp3) is 0.875. The molecule has 1 heterocycles. The summed E-state index contributed by atoms with van der Waals surface area (Å²) in [5.41, 5.74) is 0. The van der Waals surface area contributed by atoms with Gasteiger partial charge in [-0.2, -0.15) is 0 Å². The number of hydrogen-bond donors (Lipinski definition) is 1. The first-order chi connectivity index (χ1) is 5.74. The molecule has 1 aliphatic heterocycles. The Labute approximate surface area is 71.5 Å². The Kier molecular flexibility index (Phi) is 3.49. The molecule has 1 saturated heterocycles. The van der Waals surface area contributed by atoms with Crippen molar-refractivity contribution in [1.82, 2.24) is 0 Å². The van der Waals surface area contributed by atoms with Crippen LogP contribution in [0.2, 0.25) is 0 Å². The highest BCUT2D eigenvalue weighted by molar-refractivity contribution is 5.67. The predicted octanol–water partition coefficient (Wildman–Crippen LogP) is 0.513. The maximum atomic E-state index is 10.4. The molecule has 0 bridgehead atoms. The highest BCUT2D eigenvalue weighted by Gasteiger charge is 2.27. The Balaban J connectivity index is 2.37. The lowest BCUT2D eigenvalue weighted by molar-refractivity contribution is -0.140. The molecule has 0 aromatic carbocycles. The van der Waals surface area contributed by atoms with Crippen molar-refractivity contribution in [2.45, 2.75) is 18.9 Å².